The summed E-state index contributed by atoms with van der Waals surface area (Å²) in [6, 6.07) is 8.70. The number of pyridine rings is 1. The fourth-order valence-electron chi connectivity index (χ4n) is 8.73. The van der Waals surface area contributed by atoms with Gasteiger partial charge in [-0.3, -0.25) is 19.4 Å². The van der Waals surface area contributed by atoms with Gasteiger partial charge in [-0.15, -0.1) is 0 Å². The van der Waals surface area contributed by atoms with Crippen LogP contribution in [0.15, 0.2) is 42.6 Å². The first kappa shape index (κ1) is 42.4. The molecule has 2 N–H and O–H groups in total. The van der Waals surface area contributed by atoms with E-state index in [2.05, 4.69) is 10.3 Å². The van der Waals surface area contributed by atoms with Crippen LogP contribution in [-0.4, -0.2) is 113 Å². The van der Waals surface area contributed by atoms with Gasteiger partial charge in [0.1, 0.15) is 23.9 Å². The molecule has 0 radical (unpaired) electrons. The molecular weight excluding hydrogens is 706 g/mol. The number of hydrogen-bond acceptors (Lipinski definition) is 12. The van der Waals surface area contributed by atoms with Gasteiger partial charge >= 0.3 is 12.1 Å². The van der Waals surface area contributed by atoms with Crippen molar-refractivity contribution in [2.24, 2.45) is 23.7 Å². The predicted molar refractivity (Wildman–Crippen MR) is 206 cm³/mol. The number of ether oxygens (including phenoxy) is 5. The van der Waals surface area contributed by atoms with Crippen molar-refractivity contribution in [3.8, 4) is 0 Å². The summed E-state index contributed by atoms with van der Waals surface area (Å²) in [4.78, 5) is 61.8. The van der Waals surface area contributed by atoms with Gasteiger partial charge in [-0.05, 0) is 78.7 Å². The molecule has 13 nitrogen and oxygen atoms in total. The first-order valence-electron chi connectivity index (χ1n) is 19.5. The first-order chi connectivity index (χ1) is 25.9. The van der Waals surface area contributed by atoms with Crippen molar-refractivity contribution in [3.63, 3.8) is 0 Å². The number of rotatable bonds is 8. The third kappa shape index (κ3) is 8.96. The summed E-state index contributed by atoms with van der Waals surface area (Å²) in [5.74, 6) is -5.12. The van der Waals surface area contributed by atoms with Crippen LogP contribution in [0.3, 0.4) is 0 Å². The van der Waals surface area contributed by atoms with Gasteiger partial charge in [0.05, 0.1) is 36.0 Å². The normalized spacial score (nSPS) is 38.1. The second kappa shape index (κ2) is 17.2. The van der Waals surface area contributed by atoms with E-state index in [-0.39, 0.29) is 37.4 Å². The van der Waals surface area contributed by atoms with Gasteiger partial charge in [0.2, 0.25) is 0 Å². The van der Waals surface area contributed by atoms with Crippen LogP contribution < -0.4 is 5.32 Å². The Balaban J connectivity index is 1.56. The van der Waals surface area contributed by atoms with Crippen molar-refractivity contribution >= 4 is 40.6 Å². The van der Waals surface area contributed by atoms with Crippen LogP contribution in [0.25, 0.3) is 17.0 Å². The molecule has 3 fully saturated rings. The van der Waals surface area contributed by atoms with Gasteiger partial charge in [-0.1, -0.05) is 58.0 Å². The van der Waals surface area contributed by atoms with E-state index < -0.39 is 83.4 Å². The average Bonchev–Trinajstić information content (AvgIpc) is 3.47. The summed E-state index contributed by atoms with van der Waals surface area (Å²) in [6.07, 6.45) is 1.12. The fourth-order valence-corrected chi connectivity index (χ4v) is 8.73. The SMILES string of the molecule is CC[C@H]1OC(=O)[C@H](C)C(=O)[C@H](C)[C@H](O[C@@H]2O[C@H](C)C[C@H](N(C)C)[C@@H]2O)C(C)(OC/C=C/c2cnc3ccccc3c2)C[C@H](C)C(=O)[C@@H](C)[C@@H]2NC(=O)OC12C. The van der Waals surface area contributed by atoms with Crippen molar-refractivity contribution < 1.29 is 48.0 Å². The molecule has 2 unspecified atom stereocenters. The lowest BCUT2D eigenvalue weighted by molar-refractivity contribution is -0.296. The number of Topliss-reactive ketones (excluding diaryl/α,β-unsaturated/α-hetero) is 2. The number of aliphatic hydroxyl groups is 1. The molecule has 2 aromatic rings. The lowest BCUT2D eigenvalue weighted by Crippen LogP contribution is -2.60. The lowest BCUT2D eigenvalue weighted by atomic mass is 9.73. The molecule has 1 aromatic carbocycles. The molecule has 0 aliphatic carbocycles. The second-order valence-corrected chi connectivity index (χ2v) is 16.4. The van der Waals surface area contributed by atoms with E-state index in [4.69, 9.17) is 23.7 Å². The van der Waals surface area contributed by atoms with Gasteiger partial charge in [0, 0.05) is 35.4 Å². The fraction of sp³-hybridized carbons (Fsp3) is 0.643. The Morgan fingerprint density at radius 1 is 1.04 bits per heavy atom. The molecule has 3 aliphatic rings. The maximum atomic E-state index is 14.4. The topological polar surface area (TPSA) is 163 Å². The van der Waals surface area contributed by atoms with Crippen LogP contribution in [0.5, 0.6) is 0 Å². The highest BCUT2D eigenvalue weighted by Crippen LogP contribution is 2.40. The van der Waals surface area contributed by atoms with Gasteiger partial charge in [-0.2, -0.15) is 0 Å². The number of likely N-dealkylation sites (N-methyl/N-ethyl adjacent to an activating group) is 1. The van der Waals surface area contributed by atoms with Crippen LogP contribution in [0.2, 0.25) is 0 Å². The number of carbonyl (C=O) groups excluding carboxylic acids is 4. The lowest BCUT2D eigenvalue weighted by Gasteiger charge is -2.47. The molecule has 3 saturated heterocycles. The monoisotopic (exact) mass is 765 g/mol. The number of esters is 1. The molecule has 5 rings (SSSR count). The minimum Gasteiger partial charge on any atom is -0.458 e. The first-order valence-corrected chi connectivity index (χ1v) is 19.5. The van der Waals surface area contributed by atoms with Crippen molar-refractivity contribution in [2.75, 3.05) is 20.7 Å². The number of carbonyl (C=O) groups is 4. The van der Waals surface area contributed by atoms with Crippen molar-refractivity contribution in [1.82, 2.24) is 15.2 Å². The zero-order valence-corrected chi connectivity index (χ0v) is 33.8. The standard InChI is InChI=1S/C42H59N3O10/c1-11-32-42(8)36(44-40(50)55-42)25(4)33(46)23(2)21-41(7,51-18-14-15-28-20-29-16-12-13-17-30(29)43-22-28)37(26(5)34(47)27(6)38(49)53-32)54-39-35(48)31(45(9)10)19-24(3)52-39/h12-17,20,22-27,31-32,35-37,39,48H,11,18-19,21H2,1-10H3,(H,44,50)/b15-14+/t23-,24+,25+,26-,27+,31-,32+,35-,36-,37-,39-,41?,42?/m0/s1. The molecule has 55 heavy (non-hydrogen) atoms. The van der Waals surface area contributed by atoms with Gasteiger partial charge in [0.25, 0.3) is 0 Å². The van der Waals surface area contributed by atoms with Gasteiger partial charge in [0.15, 0.2) is 17.7 Å². The molecular formula is C42H59N3O10. The van der Waals surface area contributed by atoms with E-state index >= 15 is 0 Å². The van der Waals surface area contributed by atoms with E-state index in [1.807, 2.05) is 68.4 Å². The van der Waals surface area contributed by atoms with E-state index in [1.165, 1.54) is 6.92 Å². The Bertz CT molecular complexity index is 1750. The van der Waals surface area contributed by atoms with E-state index in [1.54, 1.807) is 47.7 Å². The van der Waals surface area contributed by atoms with Crippen LogP contribution in [-0.2, 0) is 38.1 Å². The molecule has 13 atom stereocenters. The number of aromatic nitrogens is 1. The molecule has 0 spiro atoms. The summed E-state index contributed by atoms with van der Waals surface area (Å²) < 4.78 is 31.4. The highest BCUT2D eigenvalue weighted by Gasteiger charge is 2.57. The highest BCUT2D eigenvalue weighted by atomic mass is 16.7. The highest BCUT2D eigenvalue weighted by molar-refractivity contribution is 6.00. The zero-order valence-electron chi connectivity index (χ0n) is 33.8. The third-order valence-corrected chi connectivity index (χ3v) is 11.9. The number of nitrogens with zero attached hydrogens (tertiary/aromatic N) is 2. The molecule has 13 heteroatoms. The Labute approximate surface area is 324 Å². The van der Waals surface area contributed by atoms with E-state index in [0.29, 0.717) is 6.42 Å². The van der Waals surface area contributed by atoms with Crippen LogP contribution >= 0.6 is 0 Å². The quantitative estimate of drug-likeness (QED) is 0.270. The number of fused-ring (bicyclic) bond motifs is 2. The average molecular weight is 766 g/mol. The van der Waals surface area contributed by atoms with E-state index in [9.17, 15) is 24.3 Å². The van der Waals surface area contributed by atoms with Crippen LogP contribution in [0.1, 0.15) is 80.2 Å². The number of ketones is 2. The zero-order chi connectivity index (χ0) is 40.4. The Morgan fingerprint density at radius 2 is 1.75 bits per heavy atom. The summed E-state index contributed by atoms with van der Waals surface area (Å²) in [7, 11) is 3.74. The predicted octanol–water partition coefficient (Wildman–Crippen LogP) is 5.11. The summed E-state index contributed by atoms with van der Waals surface area (Å²) in [5, 5.41) is 15.4. The summed E-state index contributed by atoms with van der Waals surface area (Å²) in [6.45, 7) is 13.8. The minimum absolute atomic E-state index is 0.0612. The second-order valence-electron chi connectivity index (χ2n) is 16.4. The molecule has 302 valence electrons. The maximum absolute atomic E-state index is 14.4. The molecule has 3 aliphatic heterocycles. The Morgan fingerprint density at radius 3 is 2.44 bits per heavy atom. The van der Waals surface area contributed by atoms with Crippen LogP contribution in [0, 0.1) is 23.7 Å². The molecule has 1 amide bonds. The number of hydrogen-bond donors (Lipinski definition) is 2. The molecule has 0 bridgehead atoms. The molecule has 0 saturated carbocycles. The number of alkyl carbamates (subject to hydrolysis) is 1. The Hall–Kier alpha value is -3.75. The Kier molecular flexibility index (Phi) is 13.2. The number of para-hydroxylation sites is 1. The smallest absolute Gasteiger partial charge is 0.408 e. The largest absolute Gasteiger partial charge is 0.458 e. The van der Waals surface area contributed by atoms with Gasteiger partial charge in [-0.25, -0.2) is 4.79 Å². The van der Waals surface area contributed by atoms with Crippen molar-refractivity contribution in [1.29, 1.82) is 0 Å². The number of aliphatic hydroxyl groups excluding tert-OH is 1. The third-order valence-electron chi connectivity index (χ3n) is 11.9. The number of nitrogens with one attached hydrogen (secondary N) is 1. The number of amides is 1. The maximum Gasteiger partial charge on any atom is 0.408 e. The van der Waals surface area contributed by atoms with Gasteiger partial charge < -0.3 is 39.0 Å². The molecule has 1 aromatic heterocycles. The molecule has 4 heterocycles. The summed E-state index contributed by atoms with van der Waals surface area (Å²) >= 11 is 0. The number of cyclic esters (lactones) is 1. The number of benzene rings is 1. The van der Waals surface area contributed by atoms with Crippen LogP contribution in [0.4, 0.5) is 4.79 Å². The van der Waals surface area contributed by atoms with E-state index in [0.717, 1.165) is 16.5 Å². The summed E-state index contributed by atoms with van der Waals surface area (Å²) in [5.41, 5.74) is -1.00. The van der Waals surface area contributed by atoms with Crippen molar-refractivity contribution in [3.05, 3.63) is 48.2 Å². The minimum atomic E-state index is -1.38. The van der Waals surface area contributed by atoms with Crippen molar-refractivity contribution in [2.45, 2.75) is 129 Å².